The second-order valence-corrected chi connectivity index (χ2v) is 7.49. The van der Waals surface area contributed by atoms with Gasteiger partial charge in [-0.3, -0.25) is 0 Å². The van der Waals surface area contributed by atoms with Crippen molar-refractivity contribution in [3.8, 4) is 0 Å². The molecule has 0 aliphatic heterocycles. The molecule has 5 nitrogen and oxygen atoms in total. The van der Waals surface area contributed by atoms with Crippen LogP contribution in [0.3, 0.4) is 0 Å². The van der Waals surface area contributed by atoms with Crippen LogP contribution in [0.5, 0.6) is 0 Å². The van der Waals surface area contributed by atoms with Crippen molar-refractivity contribution in [2.75, 3.05) is 0 Å². The first-order chi connectivity index (χ1) is 10.8. The molecule has 0 N–H and O–H groups in total. The van der Waals surface area contributed by atoms with E-state index in [9.17, 15) is 0 Å². The Bertz CT molecular complexity index is 836. The average Bonchev–Trinajstić information content (AvgIpc) is 3.08. The fourth-order valence-corrected chi connectivity index (χ4v) is 5.37. The van der Waals surface area contributed by atoms with Crippen LogP contribution in [0, 0.1) is 6.92 Å². The summed E-state index contributed by atoms with van der Waals surface area (Å²) in [6.45, 7) is 4.97. The van der Waals surface area contributed by atoms with Crippen LogP contribution in [0.25, 0.3) is 10.2 Å². The smallest absolute Gasteiger partial charge is 0.197 e. The molecule has 0 spiro atoms. The molecular weight excluding hydrogens is 314 g/mol. The molecule has 3 heterocycles. The van der Waals surface area contributed by atoms with Crippen molar-refractivity contribution in [1.29, 1.82) is 0 Å². The minimum atomic E-state index is 0.872. The van der Waals surface area contributed by atoms with E-state index in [1.807, 2.05) is 18.3 Å². The van der Waals surface area contributed by atoms with Gasteiger partial charge in [0.1, 0.15) is 22.0 Å². The Morgan fingerprint density at radius 3 is 2.95 bits per heavy atom. The number of fused-ring (bicyclic) bond motifs is 3. The fourth-order valence-electron chi connectivity index (χ4n) is 3.03. The zero-order chi connectivity index (χ0) is 15.1. The third kappa shape index (κ3) is 2.23. The van der Waals surface area contributed by atoms with E-state index in [1.165, 1.54) is 35.1 Å². The van der Waals surface area contributed by atoms with Crippen molar-refractivity contribution in [2.45, 2.75) is 56.3 Å². The summed E-state index contributed by atoms with van der Waals surface area (Å²) in [5, 5.41) is 11.7. The number of nitrogens with zero attached hydrogens (tertiary/aromatic N) is 5. The lowest BCUT2D eigenvalue weighted by molar-refractivity contribution is 0.661. The van der Waals surface area contributed by atoms with Crippen molar-refractivity contribution >= 4 is 33.3 Å². The summed E-state index contributed by atoms with van der Waals surface area (Å²) in [6, 6.07) is 0. The first kappa shape index (κ1) is 14.1. The van der Waals surface area contributed by atoms with Gasteiger partial charge in [0.25, 0.3) is 0 Å². The zero-order valence-corrected chi connectivity index (χ0v) is 14.3. The molecule has 1 aliphatic carbocycles. The van der Waals surface area contributed by atoms with Crippen LogP contribution >= 0.6 is 23.1 Å². The fraction of sp³-hybridized carbons (Fsp3) is 0.467. The number of aromatic nitrogens is 5. The molecule has 0 amide bonds. The summed E-state index contributed by atoms with van der Waals surface area (Å²) in [6.07, 6.45) is 6.56. The molecule has 0 aromatic carbocycles. The van der Waals surface area contributed by atoms with Gasteiger partial charge in [0.05, 0.1) is 0 Å². The van der Waals surface area contributed by atoms with Gasteiger partial charge < -0.3 is 4.57 Å². The van der Waals surface area contributed by atoms with E-state index in [-0.39, 0.29) is 0 Å². The van der Waals surface area contributed by atoms with E-state index in [2.05, 4.69) is 31.7 Å². The summed E-state index contributed by atoms with van der Waals surface area (Å²) in [4.78, 5) is 11.6. The lowest BCUT2D eigenvalue weighted by Gasteiger charge is -2.11. The van der Waals surface area contributed by atoms with Gasteiger partial charge in [0.2, 0.25) is 0 Å². The van der Waals surface area contributed by atoms with E-state index >= 15 is 0 Å². The Kier molecular flexibility index (Phi) is 3.62. The van der Waals surface area contributed by atoms with Gasteiger partial charge in [-0.25, -0.2) is 9.97 Å². The van der Waals surface area contributed by atoms with Crippen molar-refractivity contribution in [3.05, 3.63) is 22.6 Å². The number of aryl methyl sites for hydroxylation is 3. The molecule has 0 radical (unpaired) electrons. The van der Waals surface area contributed by atoms with Crippen LogP contribution in [0.4, 0.5) is 0 Å². The van der Waals surface area contributed by atoms with E-state index in [0.29, 0.717) is 0 Å². The molecular formula is C15H17N5S2. The molecule has 7 heteroatoms. The van der Waals surface area contributed by atoms with Crippen LogP contribution < -0.4 is 0 Å². The normalized spacial score (nSPS) is 14.5. The molecule has 4 rings (SSSR count). The van der Waals surface area contributed by atoms with Gasteiger partial charge in [-0.15, -0.1) is 21.5 Å². The van der Waals surface area contributed by atoms with Gasteiger partial charge >= 0.3 is 0 Å². The number of hydrogen-bond acceptors (Lipinski definition) is 6. The lowest BCUT2D eigenvalue weighted by atomic mass is 9.97. The van der Waals surface area contributed by atoms with Gasteiger partial charge in [0, 0.05) is 16.8 Å². The molecule has 1 aliphatic rings. The topological polar surface area (TPSA) is 56.5 Å². The molecule has 0 atom stereocenters. The number of rotatable bonds is 3. The average molecular weight is 331 g/mol. The maximum Gasteiger partial charge on any atom is 0.197 e. The van der Waals surface area contributed by atoms with E-state index in [4.69, 9.17) is 0 Å². The van der Waals surface area contributed by atoms with Crippen LogP contribution in [0.15, 0.2) is 16.5 Å². The highest BCUT2D eigenvalue weighted by Crippen LogP contribution is 2.40. The Morgan fingerprint density at radius 2 is 2.09 bits per heavy atom. The molecule has 0 saturated carbocycles. The highest BCUT2D eigenvalue weighted by molar-refractivity contribution is 7.99. The largest absolute Gasteiger partial charge is 0.306 e. The molecule has 3 aromatic rings. The highest BCUT2D eigenvalue weighted by Gasteiger charge is 2.21. The third-order valence-electron chi connectivity index (χ3n) is 4.12. The molecule has 0 unspecified atom stereocenters. The van der Waals surface area contributed by atoms with Crippen LogP contribution in [0.1, 0.15) is 36.0 Å². The molecule has 3 aromatic heterocycles. The summed E-state index contributed by atoms with van der Waals surface area (Å²) in [5.74, 6) is 0.947. The Labute approximate surface area is 137 Å². The number of thiophene rings is 1. The third-order valence-corrected chi connectivity index (χ3v) is 6.31. The monoisotopic (exact) mass is 331 g/mol. The van der Waals surface area contributed by atoms with Crippen molar-refractivity contribution in [3.63, 3.8) is 0 Å². The van der Waals surface area contributed by atoms with E-state index in [1.54, 1.807) is 18.1 Å². The quantitative estimate of drug-likeness (QED) is 0.686. The minimum Gasteiger partial charge on any atom is -0.306 e. The predicted octanol–water partition coefficient (Wildman–Crippen LogP) is 3.64. The molecule has 0 fully saturated rings. The summed E-state index contributed by atoms with van der Waals surface area (Å²) in [5.41, 5.74) is 1.47. The Balaban J connectivity index is 1.83. The van der Waals surface area contributed by atoms with E-state index < -0.39 is 0 Å². The van der Waals surface area contributed by atoms with Gasteiger partial charge in [0.15, 0.2) is 5.16 Å². The Hall–Kier alpha value is -1.47. The molecule has 22 heavy (non-hydrogen) atoms. The Morgan fingerprint density at radius 1 is 1.23 bits per heavy atom. The minimum absolute atomic E-state index is 0.872. The zero-order valence-electron chi connectivity index (χ0n) is 12.7. The predicted molar refractivity (Wildman–Crippen MR) is 88.6 cm³/mol. The SMILES string of the molecule is CCn1c(C)nnc1Sc1ncnc2sc3c(c12)CCCC3. The van der Waals surface area contributed by atoms with Gasteiger partial charge in [-0.05, 0) is 56.9 Å². The first-order valence-electron chi connectivity index (χ1n) is 7.60. The maximum absolute atomic E-state index is 4.54. The second kappa shape index (κ2) is 5.62. The van der Waals surface area contributed by atoms with Crippen LogP contribution in [-0.4, -0.2) is 24.7 Å². The summed E-state index contributed by atoms with van der Waals surface area (Å²) >= 11 is 3.44. The summed E-state index contributed by atoms with van der Waals surface area (Å²) < 4.78 is 2.12. The number of hydrogen-bond donors (Lipinski definition) is 0. The van der Waals surface area contributed by atoms with Crippen molar-refractivity contribution in [1.82, 2.24) is 24.7 Å². The summed E-state index contributed by atoms with van der Waals surface area (Å²) in [7, 11) is 0. The van der Waals surface area contributed by atoms with Crippen LogP contribution in [-0.2, 0) is 19.4 Å². The van der Waals surface area contributed by atoms with E-state index in [0.717, 1.165) is 33.8 Å². The van der Waals surface area contributed by atoms with Gasteiger partial charge in [-0.2, -0.15) is 0 Å². The second-order valence-electron chi connectivity index (χ2n) is 5.45. The van der Waals surface area contributed by atoms with Crippen molar-refractivity contribution < 1.29 is 0 Å². The van der Waals surface area contributed by atoms with Crippen LogP contribution in [0.2, 0.25) is 0 Å². The maximum atomic E-state index is 4.54. The highest BCUT2D eigenvalue weighted by atomic mass is 32.2. The molecule has 114 valence electrons. The molecule has 0 bridgehead atoms. The van der Waals surface area contributed by atoms with Crippen molar-refractivity contribution in [2.24, 2.45) is 0 Å². The van der Waals surface area contributed by atoms with Gasteiger partial charge in [-0.1, -0.05) is 0 Å². The lowest BCUT2D eigenvalue weighted by Crippen LogP contribution is -2.01. The first-order valence-corrected chi connectivity index (χ1v) is 9.24. The standard InChI is InChI=1S/C15H17N5S2/c1-3-20-9(2)18-19-15(20)22-14-12-10-6-4-5-7-11(10)21-13(12)16-8-17-14/h8H,3-7H2,1-2H3. The molecule has 0 saturated heterocycles.